The zero-order chi connectivity index (χ0) is 18.1. The van der Waals surface area contributed by atoms with Crippen LogP contribution in [0.5, 0.6) is 0 Å². The van der Waals surface area contributed by atoms with Gasteiger partial charge in [0.2, 0.25) is 0 Å². The van der Waals surface area contributed by atoms with E-state index in [9.17, 15) is 9.90 Å². The second-order valence-corrected chi connectivity index (χ2v) is 6.04. The molecule has 2 aromatic rings. The molecule has 6 heteroatoms. The standard InChI is InChI=1S/C19H26N4O2/c1-15-9-10-18(22-13-15)20-11-6-12-21-19(25)23(2)14-17(24)16-7-4-3-5-8-16/h3-5,7-10,13,17,24H,6,11-12,14H2,1-2H3,(H,20,22)(H,21,25)/t17-/m0/s1. The van der Waals surface area contributed by atoms with Gasteiger partial charge in [0.1, 0.15) is 5.82 Å². The van der Waals surface area contributed by atoms with Crippen LogP contribution in [0.25, 0.3) is 0 Å². The number of anilines is 1. The molecule has 1 atom stereocenters. The molecule has 0 aliphatic heterocycles. The van der Waals surface area contributed by atoms with Crippen LogP contribution in [0.3, 0.4) is 0 Å². The lowest BCUT2D eigenvalue weighted by molar-refractivity contribution is 0.131. The number of benzene rings is 1. The summed E-state index contributed by atoms with van der Waals surface area (Å²) >= 11 is 0. The average molecular weight is 342 g/mol. The molecule has 3 N–H and O–H groups in total. The first-order chi connectivity index (χ1) is 12.1. The maximum absolute atomic E-state index is 12.1. The Bertz CT molecular complexity index is 646. The quantitative estimate of drug-likeness (QED) is 0.644. The van der Waals surface area contributed by atoms with E-state index in [1.54, 1.807) is 7.05 Å². The van der Waals surface area contributed by atoms with Gasteiger partial charge in [-0.15, -0.1) is 0 Å². The van der Waals surface area contributed by atoms with Crippen molar-refractivity contribution in [2.45, 2.75) is 19.4 Å². The van der Waals surface area contributed by atoms with Gasteiger partial charge in [-0.25, -0.2) is 9.78 Å². The molecule has 25 heavy (non-hydrogen) atoms. The topological polar surface area (TPSA) is 77.5 Å². The number of aliphatic hydroxyl groups is 1. The molecule has 0 spiro atoms. The van der Waals surface area contributed by atoms with Gasteiger partial charge in [0.05, 0.1) is 12.6 Å². The Labute approximate surface area is 148 Å². The molecule has 0 saturated carbocycles. The molecule has 0 unspecified atom stereocenters. The van der Waals surface area contributed by atoms with Crippen LogP contribution in [-0.4, -0.2) is 47.7 Å². The summed E-state index contributed by atoms with van der Waals surface area (Å²) in [5.41, 5.74) is 1.93. The Hall–Kier alpha value is -2.60. The fraction of sp³-hybridized carbons (Fsp3) is 0.368. The second kappa shape index (κ2) is 9.64. The van der Waals surface area contributed by atoms with E-state index in [2.05, 4.69) is 15.6 Å². The van der Waals surface area contributed by atoms with E-state index in [0.29, 0.717) is 6.54 Å². The number of aryl methyl sites for hydroxylation is 1. The van der Waals surface area contributed by atoms with E-state index in [1.807, 2.05) is 55.6 Å². The zero-order valence-corrected chi connectivity index (χ0v) is 14.8. The smallest absolute Gasteiger partial charge is 0.317 e. The molecule has 1 heterocycles. The number of nitrogens with one attached hydrogen (secondary N) is 2. The van der Waals surface area contributed by atoms with E-state index < -0.39 is 6.10 Å². The fourth-order valence-corrected chi connectivity index (χ4v) is 2.33. The number of rotatable bonds is 8. The summed E-state index contributed by atoms with van der Waals surface area (Å²) in [6.07, 6.45) is 1.92. The van der Waals surface area contributed by atoms with E-state index in [4.69, 9.17) is 0 Å². The molecule has 0 fully saturated rings. The van der Waals surface area contributed by atoms with Crippen molar-refractivity contribution in [1.29, 1.82) is 0 Å². The Kier molecular flexibility index (Phi) is 7.22. The Morgan fingerprint density at radius 2 is 1.96 bits per heavy atom. The van der Waals surface area contributed by atoms with Gasteiger partial charge in [0.25, 0.3) is 0 Å². The zero-order valence-electron chi connectivity index (χ0n) is 14.8. The van der Waals surface area contributed by atoms with Gasteiger partial charge >= 0.3 is 6.03 Å². The molecular formula is C19H26N4O2. The van der Waals surface area contributed by atoms with Gasteiger partial charge in [-0.3, -0.25) is 0 Å². The molecule has 0 radical (unpaired) electrons. The van der Waals surface area contributed by atoms with Crippen molar-refractivity contribution < 1.29 is 9.90 Å². The predicted octanol–water partition coefficient (Wildman–Crippen LogP) is 2.57. The van der Waals surface area contributed by atoms with Crippen molar-refractivity contribution >= 4 is 11.8 Å². The number of aromatic nitrogens is 1. The SMILES string of the molecule is Cc1ccc(NCCCNC(=O)N(C)C[C@H](O)c2ccccc2)nc1. The Morgan fingerprint density at radius 1 is 1.20 bits per heavy atom. The number of likely N-dealkylation sites (N-methyl/N-ethyl adjacent to an activating group) is 1. The van der Waals surface area contributed by atoms with Crippen molar-refractivity contribution in [3.05, 3.63) is 59.8 Å². The number of amides is 2. The minimum atomic E-state index is -0.689. The third-order valence-electron chi connectivity index (χ3n) is 3.83. The molecule has 0 aliphatic carbocycles. The molecule has 1 aromatic carbocycles. The van der Waals surface area contributed by atoms with Gasteiger partial charge < -0.3 is 20.6 Å². The van der Waals surface area contributed by atoms with Crippen molar-refractivity contribution in [2.24, 2.45) is 0 Å². The monoisotopic (exact) mass is 342 g/mol. The second-order valence-electron chi connectivity index (χ2n) is 6.04. The van der Waals surface area contributed by atoms with E-state index in [-0.39, 0.29) is 12.6 Å². The van der Waals surface area contributed by atoms with E-state index in [1.165, 1.54) is 4.90 Å². The summed E-state index contributed by atoms with van der Waals surface area (Å²) in [6.45, 7) is 3.54. The van der Waals surface area contributed by atoms with E-state index in [0.717, 1.165) is 29.9 Å². The maximum atomic E-state index is 12.1. The van der Waals surface area contributed by atoms with Crippen LogP contribution in [0, 0.1) is 6.92 Å². The number of hydrogen-bond donors (Lipinski definition) is 3. The Balaban J connectivity index is 1.63. The first-order valence-electron chi connectivity index (χ1n) is 8.45. The van der Waals surface area contributed by atoms with Crippen molar-refractivity contribution in [3.63, 3.8) is 0 Å². The predicted molar refractivity (Wildman–Crippen MR) is 99.5 cm³/mol. The number of nitrogens with zero attached hydrogens (tertiary/aromatic N) is 2. The summed E-state index contributed by atoms with van der Waals surface area (Å²) in [6, 6.07) is 13.1. The van der Waals surface area contributed by atoms with Crippen molar-refractivity contribution in [2.75, 3.05) is 32.0 Å². The van der Waals surface area contributed by atoms with Crippen LogP contribution >= 0.6 is 0 Å². The summed E-state index contributed by atoms with van der Waals surface area (Å²) in [7, 11) is 1.68. The molecule has 1 aromatic heterocycles. The third-order valence-corrected chi connectivity index (χ3v) is 3.83. The number of pyridine rings is 1. The lowest BCUT2D eigenvalue weighted by Gasteiger charge is -2.21. The van der Waals surface area contributed by atoms with Crippen LogP contribution in [-0.2, 0) is 0 Å². The average Bonchev–Trinajstić information content (AvgIpc) is 2.63. The number of hydrogen-bond acceptors (Lipinski definition) is 4. The van der Waals surface area contributed by atoms with Crippen LogP contribution in [0.2, 0.25) is 0 Å². The Morgan fingerprint density at radius 3 is 2.64 bits per heavy atom. The van der Waals surface area contributed by atoms with Crippen LogP contribution < -0.4 is 10.6 Å². The fourth-order valence-electron chi connectivity index (χ4n) is 2.33. The number of urea groups is 1. The lowest BCUT2D eigenvalue weighted by Crippen LogP contribution is -2.40. The summed E-state index contributed by atoms with van der Waals surface area (Å²) < 4.78 is 0. The highest BCUT2D eigenvalue weighted by atomic mass is 16.3. The summed E-state index contributed by atoms with van der Waals surface area (Å²) in [5.74, 6) is 0.833. The van der Waals surface area contributed by atoms with Crippen LogP contribution in [0.1, 0.15) is 23.7 Å². The van der Waals surface area contributed by atoms with E-state index >= 15 is 0 Å². The largest absolute Gasteiger partial charge is 0.387 e. The lowest BCUT2D eigenvalue weighted by atomic mass is 10.1. The third kappa shape index (κ3) is 6.43. The minimum absolute atomic E-state index is 0.191. The molecule has 0 bridgehead atoms. The molecule has 6 nitrogen and oxygen atoms in total. The van der Waals surface area contributed by atoms with Crippen LogP contribution in [0.4, 0.5) is 10.6 Å². The van der Waals surface area contributed by atoms with Gasteiger partial charge in [0, 0.05) is 26.3 Å². The van der Waals surface area contributed by atoms with Gasteiger partial charge in [-0.2, -0.15) is 0 Å². The molecule has 0 aliphatic rings. The summed E-state index contributed by atoms with van der Waals surface area (Å²) in [5, 5.41) is 16.2. The van der Waals surface area contributed by atoms with Gasteiger partial charge in [-0.05, 0) is 30.5 Å². The molecular weight excluding hydrogens is 316 g/mol. The highest BCUT2D eigenvalue weighted by molar-refractivity contribution is 5.73. The molecule has 134 valence electrons. The first-order valence-corrected chi connectivity index (χ1v) is 8.45. The normalized spacial score (nSPS) is 11.6. The highest BCUT2D eigenvalue weighted by Gasteiger charge is 2.14. The molecule has 2 amide bonds. The maximum Gasteiger partial charge on any atom is 0.317 e. The minimum Gasteiger partial charge on any atom is -0.387 e. The van der Waals surface area contributed by atoms with Gasteiger partial charge in [0.15, 0.2) is 0 Å². The first kappa shape index (κ1) is 18.7. The van der Waals surface area contributed by atoms with Crippen molar-refractivity contribution in [3.8, 4) is 0 Å². The number of carbonyl (C=O) groups is 1. The van der Waals surface area contributed by atoms with Gasteiger partial charge in [-0.1, -0.05) is 36.4 Å². The summed E-state index contributed by atoms with van der Waals surface area (Å²) in [4.78, 5) is 17.8. The highest BCUT2D eigenvalue weighted by Crippen LogP contribution is 2.12. The molecule has 0 saturated heterocycles. The molecule has 2 rings (SSSR count). The van der Waals surface area contributed by atoms with Crippen molar-refractivity contribution in [1.82, 2.24) is 15.2 Å². The van der Waals surface area contributed by atoms with Crippen LogP contribution in [0.15, 0.2) is 48.7 Å². The number of aliphatic hydroxyl groups excluding tert-OH is 1. The number of carbonyl (C=O) groups excluding carboxylic acids is 1.